The fourth-order valence-electron chi connectivity index (χ4n) is 4.56. The van der Waals surface area contributed by atoms with Crippen LogP contribution in [0.3, 0.4) is 0 Å². The van der Waals surface area contributed by atoms with Crippen LogP contribution in [0.25, 0.3) is 0 Å². The number of carbonyl (C=O) groups excluding carboxylic acids is 1. The van der Waals surface area contributed by atoms with E-state index in [9.17, 15) is 17.6 Å². The van der Waals surface area contributed by atoms with E-state index in [4.69, 9.17) is 10.5 Å². The second-order valence-electron chi connectivity index (χ2n) is 9.50. The quantitative estimate of drug-likeness (QED) is 0.272. The molecule has 0 radical (unpaired) electrons. The molecule has 1 aliphatic rings. The lowest BCUT2D eigenvalue weighted by molar-refractivity contribution is -0.119. The zero-order valence-corrected chi connectivity index (χ0v) is 23.1. The summed E-state index contributed by atoms with van der Waals surface area (Å²) in [6, 6.07) is 10.7. The van der Waals surface area contributed by atoms with Gasteiger partial charge in [0.15, 0.2) is 0 Å². The van der Waals surface area contributed by atoms with Crippen LogP contribution in [0.5, 0.6) is 5.75 Å². The average molecular weight is 558 g/mol. The van der Waals surface area contributed by atoms with E-state index in [1.165, 1.54) is 35.8 Å². The van der Waals surface area contributed by atoms with Gasteiger partial charge in [-0.25, -0.2) is 12.8 Å². The summed E-state index contributed by atoms with van der Waals surface area (Å²) in [4.78, 5) is 16.0. The SMILES string of the molecule is C=N/C=C(\C=C/N)COc1cc(F)cc(C[C@@H](C[C@H]2CN(S(=O)(=O)c3cccc(C)c3)CCN2)NC(C)=O)c1. The Morgan fingerprint density at radius 1 is 1.36 bits per heavy atom. The lowest BCUT2D eigenvalue weighted by Gasteiger charge is -2.35. The highest BCUT2D eigenvalue weighted by atomic mass is 32.2. The molecule has 2 aromatic rings. The molecule has 0 aliphatic carbocycles. The van der Waals surface area contributed by atoms with Crippen molar-refractivity contribution in [2.75, 3.05) is 26.2 Å². The maximum Gasteiger partial charge on any atom is 0.243 e. The monoisotopic (exact) mass is 557 g/mol. The van der Waals surface area contributed by atoms with Crippen LogP contribution in [0.1, 0.15) is 24.5 Å². The first-order valence-electron chi connectivity index (χ1n) is 12.6. The third-order valence-corrected chi connectivity index (χ3v) is 8.07. The zero-order chi connectivity index (χ0) is 28.4. The van der Waals surface area contributed by atoms with Gasteiger partial charge in [0.25, 0.3) is 0 Å². The average Bonchev–Trinajstić information content (AvgIpc) is 2.87. The van der Waals surface area contributed by atoms with E-state index in [-0.39, 0.29) is 36.0 Å². The van der Waals surface area contributed by atoms with Gasteiger partial charge in [-0.15, -0.1) is 0 Å². The topological polar surface area (TPSA) is 126 Å². The van der Waals surface area contributed by atoms with E-state index < -0.39 is 15.8 Å². The summed E-state index contributed by atoms with van der Waals surface area (Å²) in [5, 5.41) is 6.29. The van der Waals surface area contributed by atoms with Gasteiger partial charge in [-0.05, 0) is 74.2 Å². The molecule has 3 rings (SSSR count). The maximum atomic E-state index is 14.5. The first kappa shape index (κ1) is 30.0. The van der Waals surface area contributed by atoms with Gasteiger partial charge in [-0.1, -0.05) is 12.1 Å². The molecule has 11 heteroatoms. The molecule has 1 heterocycles. The predicted molar refractivity (Wildman–Crippen MR) is 151 cm³/mol. The smallest absolute Gasteiger partial charge is 0.243 e. The van der Waals surface area contributed by atoms with Crippen molar-refractivity contribution in [3.05, 3.63) is 83.5 Å². The van der Waals surface area contributed by atoms with Gasteiger partial charge in [0.05, 0.1) is 4.90 Å². The Labute approximate surface area is 229 Å². The van der Waals surface area contributed by atoms with Gasteiger partial charge in [-0.3, -0.25) is 9.79 Å². The molecule has 0 saturated carbocycles. The van der Waals surface area contributed by atoms with Crippen molar-refractivity contribution in [1.29, 1.82) is 0 Å². The van der Waals surface area contributed by atoms with Gasteiger partial charge < -0.3 is 21.1 Å². The van der Waals surface area contributed by atoms with Crippen LogP contribution in [0.4, 0.5) is 4.39 Å². The molecular formula is C28H36FN5O4S. The number of ether oxygens (including phenoxy) is 1. The van der Waals surface area contributed by atoms with Crippen molar-refractivity contribution >= 4 is 22.6 Å². The van der Waals surface area contributed by atoms with Gasteiger partial charge in [0.2, 0.25) is 15.9 Å². The molecule has 2 aromatic carbocycles. The van der Waals surface area contributed by atoms with Crippen LogP contribution in [0.15, 0.2) is 76.4 Å². The summed E-state index contributed by atoms with van der Waals surface area (Å²) in [6.07, 6.45) is 5.24. The van der Waals surface area contributed by atoms with Crippen molar-refractivity contribution in [1.82, 2.24) is 14.9 Å². The number of halogens is 1. The van der Waals surface area contributed by atoms with Gasteiger partial charge in [0, 0.05) is 56.5 Å². The Bertz CT molecular complexity index is 1330. The molecule has 4 N–H and O–H groups in total. The normalized spacial score (nSPS) is 17.6. The third-order valence-electron chi connectivity index (χ3n) is 6.21. The lowest BCUT2D eigenvalue weighted by atomic mass is 9.98. The number of carbonyl (C=O) groups is 1. The number of piperazine rings is 1. The second-order valence-corrected chi connectivity index (χ2v) is 11.4. The number of nitrogens with zero attached hydrogens (tertiary/aromatic N) is 2. The van der Waals surface area contributed by atoms with Crippen LogP contribution in [0.2, 0.25) is 0 Å². The largest absolute Gasteiger partial charge is 0.489 e. The molecule has 0 aromatic heterocycles. The summed E-state index contributed by atoms with van der Waals surface area (Å²) in [6.45, 7) is 7.88. The highest BCUT2D eigenvalue weighted by molar-refractivity contribution is 7.89. The van der Waals surface area contributed by atoms with Crippen molar-refractivity contribution in [3.8, 4) is 5.75 Å². The molecule has 1 amide bonds. The third kappa shape index (κ3) is 9.02. The summed E-state index contributed by atoms with van der Waals surface area (Å²) < 4.78 is 48.2. The Hall–Kier alpha value is -3.54. The van der Waals surface area contributed by atoms with E-state index in [2.05, 4.69) is 22.3 Å². The second kappa shape index (κ2) is 14.0. The first-order valence-corrected chi connectivity index (χ1v) is 14.1. The minimum Gasteiger partial charge on any atom is -0.489 e. The van der Waals surface area contributed by atoms with E-state index in [0.717, 1.165) is 5.56 Å². The van der Waals surface area contributed by atoms with E-state index >= 15 is 0 Å². The molecule has 0 unspecified atom stereocenters. The number of amides is 1. The number of hydrogen-bond acceptors (Lipinski definition) is 7. The number of benzene rings is 2. The summed E-state index contributed by atoms with van der Waals surface area (Å²) in [7, 11) is -3.66. The zero-order valence-electron chi connectivity index (χ0n) is 22.3. The molecule has 9 nitrogen and oxygen atoms in total. The highest BCUT2D eigenvalue weighted by Crippen LogP contribution is 2.22. The fraction of sp³-hybridized carbons (Fsp3) is 0.357. The molecule has 1 saturated heterocycles. The Morgan fingerprint density at radius 2 is 2.15 bits per heavy atom. The molecule has 2 atom stereocenters. The molecular weight excluding hydrogens is 521 g/mol. The first-order chi connectivity index (χ1) is 18.6. The molecule has 1 aliphatic heterocycles. The van der Waals surface area contributed by atoms with Crippen molar-refractivity contribution in [2.45, 2.75) is 43.7 Å². The Kier molecular flexibility index (Phi) is 10.8. The van der Waals surface area contributed by atoms with E-state index in [0.29, 0.717) is 42.8 Å². The van der Waals surface area contributed by atoms with Crippen molar-refractivity contribution in [2.24, 2.45) is 10.7 Å². The summed E-state index contributed by atoms with van der Waals surface area (Å²) in [5.74, 6) is -0.386. The minimum atomic E-state index is -3.66. The van der Waals surface area contributed by atoms with Crippen LogP contribution < -0.4 is 21.1 Å². The number of rotatable bonds is 12. The number of nitrogens with one attached hydrogen (secondary N) is 2. The molecule has 39 heavy (non-hydrogen) atoms. The van der Waals surface area contributed by atoms with Crippen molar-refractivity contribution in [3.63, 3.8) is 0 Å². The maximum absolute atomic E-state index is 14.5. The number of aryl methyl sites for hydroxylation is 1. The van der Waals surface area contributed by atoms with Crippen molar-refractivity contribution < 1.29 is 22.3 Å². The molecule has 0 bridgehead atoms. The molecule has 0 spiro atoms. The van der Waals surface area contributed by atoms with Gasteiger partial charge in [-0.2, -0.15) is 4.31 Å². The van der Waals surface area contributed by atoms with Crippen LogP contribution in [0, 0.1) is 12.7 Å². The number of nitrogens with two attached hydrogens (primary N) is 1. The number of hydrogen-bond donors (Lipinski definition) is 3. The number of sulfonamides is 1. The van der Waals surface area contributed by atoms with Gasteiger partial charge >= 0.3 is 0 Å². The van der Waals surface area contributed by atoms with Gasteiger partial charge in [0.1, 0.15) is 18.2 Å². The summed E-state index contributed by atoms with van der Waals surface area (Å²) >= 11 is 0. The fourth-order valence-corrected chi connectivity index (χ4v) is 6.15. The summed E-state index contributed by atoms with van der Waals surface area (Å²) in [5.41, 5.74) is 7.59. The molecule has 1 fully saturated rings. The lowest BCUT2D eigenvalue weighted by Crippen LogP contribution is -2.54. The van der Waals surface area contributed by atoms with Crippen LogP contribution in [-0.2, 0) is 21.2 Å². The van der Waals surface area contributed by atoms with E-state index in [1.54, 1.807) is 30.3 Å². The van der Waals surface area contributed by atoms with Crippen LogP contribution >= 0.6 is 0 Å². The van der Waals surface area contributed by atoms with E-state index in [1.807, 2.05) is 13.0 Å². The van der Waals surface area contributed by atoms with Crippen LogP contribution in [-0.4, -0.2) is 63.7 Å². The minimum absolute atomic E-state index is 0.113. The Morgan fingerprint density at radius 3 is 2.85 bits per heavy atom. The predicted octanol–water partition coefficient (Wildman–Crippen LogP) is 2.67. The Balaban J connectivity index is 1.72. The standard InChI is InChI=1S/C28H36FN5O4S/c1-20-5-4-6-28(11-20)39(36,37)34-10-9-32-26(18-34)16-25(33-21(2)35)13-23-12-24(29)15-27(14-23)38-19-22(7-8-30)17-31-3/h4-8,11-12,14-15,17,25-26,32H,3,9-10,13,16,18-19,30H2,1-2H3,(H,33,35)/b8-7-,22-17+/t25-,26-/m0/s1. The highest BCUT2D eigenvalue weighted by Gasteiger charge is 2.31. The number of aliphatic imine (C=N–C) groups is 1. The molecule has 210 valence electrons.